The number of piperazine rings is 1. The Bertz CT molecular complexity index is 322. The maximum absolute atomic E-state index is 13.3. The Morgan fingerprint density at radius 2 is 2.07 bits per heavy atom. The molecule has 0 saturated carbocycles. The maximum Gasteiger partial charge on any atom is 0.128 e. The number of nitrogens with one attached hydrogen (secondary N) is 2. The van der Waals surface area contributed by atoms with Crippen molar-refractivity contribution in [3.63, 3.8) is 0 Å². The van der Waals surface area contributed by atoms with Crippen molar-refractivity contribution in [3.8, 4) is 0 Å². The van der Waals surface area contributed by atoms with Crippen molar-refractivity contribution in [2.24, 2.45) is 0 Å². The van der Waals surface area contributed by atoms with Gasteiger partial charge in [-0.15, -0.1) is 0 Å². The van der Waals surface area contributed by atoms with Crippen molar-refractivity contribution in [1.29, 1.82) is 0 Å². The molecular weight excluding hydrogens is 186 g/mol. The van der Waals surface area contributed by atoms with E-state index in [1.807, 2.05) is 0 Å². The molecule has 76 valence electrons. The highest BCUT2D eigenvalue weighted by atomic mass is 19.1. The van der Waals surface area contributed by atoms with Crippen molar-refractivity contribution < 1.29 is 8.78 Å². The van der Waals surface area contributed by atoms with Crippen molar-refractivity contribution >= 4 is 0 Å². The summed E-state index contributed by atoms with van der Waals surface area (Å²) in [4.78, 5) is 0. The molecule has 1 aromatic rings. The van der Waals surface area contributed by atoms with Gasteiger partial charge in [0, 0.05) is 31.2 Å². The zero-order valence-electron chi connectivity index (χ0n) is 7.69. The number of hydrogen-bond acceptors (Lipinski definition) is 2. The number of hydrogen-bond donors (Lipinski definition) is 2. The Labute approximate surface area is 81.3 Å². The molecule has 2 rings (SSSR count). The summed E-state index contributed by atoms with van der Waals surface area (Å²) in [7, 11) is 0. The molecule has 1 atom stereocenters. The van der Waals surface area contributed by atoms with Crippen LogP contribution in [0.1, 0.15) is 11.6 Å². The van der Waals surface area contributed by atoms with E-state index >= 15 is 0 Å². The molecule has 1 aliphatic rings. The van der Waals surface area contributed by atoms with Crippen LogP contribution < -0.4 is 10.6 Å². The van der Waals surface area contributed by atoms with E-state index in [-0.39, 0.29) is 11.9 Å². The van der Waals surface area contributed by atoms with E-state index in [4.69, 9.17) is 0 Å². The van der Waals surface area contributed by atoms with E-state index in [1.165, 1.54) is 12.1 Å². The molecule has 0 aromatic heterocycles. The van der Waals surface area contributed by atoms with Gasteiger partial charge in [0.15, 0.2) is 0 Å². The fourth-order valence-corrected chi connectivity index (χ4v) is 1.65. The van der Waals surface area contributed by atoms with E-state index in [2.05, 4.69) is 10.6 Å². The molecular formula is C10H12F2N2. The molecule has 0 radical (unpaired) electrons. The van der Waals surface area contributed by atoms with Crippen LogP contribution in [-0.4, -0.2) is 19.6 Å². The molecule has 4 heteroatoms. The average molecular weight is 198 g/mol. The predicted octanol–water partition coefficient (Wildman–Crippen LogP) is 1.20. The molecule has 0 amide bonds. The van der Waals surface area contributed by atoms with Crippen molar-refractivity contribution in [1.82, 2.24) is 10.6 Å². The summed E-state index contributed by atoms with van der Waals surface area (Å²) in [6.45, 7) is 2.29. The Morgan fingerprint density at radius 1 is 1.21 bits per heavy atom. The van der Waals surface area contributed by atoms with Crippen LogP contribution in [0.5, 0.6) is 0 Å². The first-order valence-corrected chi connectivity index (χ1v) is 4.66. The van der Waals surface area contributed by atoms with Crippen LogP contribution >= 0.6 is 0 Å². The number of halogens is 2. The first kappa shape index (κ1) is 9.55. The molecule has 0 bridgehead atoms. The lowest BCUT2D eigenvalue weighted by Crippen LogP contribution is -2.43. The smallest absolute Gasteiger partial charge is 0.128 e. The molecule has 14 heavy (non-hydrogen) atoms. The van der Waals surface area contributed by atoms with Gasteiger partial charge >= 0.3 is 0 Å². The molecule has 2 nitrogen and oxygen atoms in total. The van der Waals surface area contributed by atoms with Crippen molar-refractivity contribution in [3.05, 3.63) is 35.4 Å². The molecule has 2 N–H and O–H groups in total. The molecule has 1 aliphatic heterocycles. The monoisotopic (exact) mass is 198 g/mol. The number of benzene rings is 1. The van der Waals surface area contributed by atoms with Gasteiger partial charge in [-0.2, -0.15) is 0 Å². The normalized spacial score (nSPS) is 22.3. The average Bonchev–Trinajstić information content (AvgIpc) is 2.23. The molecule has 1 aromatic carbocycles. The Balaban J connectivity index is 2.24. The van der Waals surface area contributed by atoms with E-state index in [1.54, 1.807) is 0 Å². The maximum atomic E-state index is 13.3. The minimum atomic E-state index is -0.395. The second kappa shape index (κ2) is 4.02. The summed E-state index contributed by atoms with van der Waals surface area (Å²) < 4.78 is 26.2. The van der Waals surface area contributed by atoms with Gasteiger partial charge in [-0.25, -0.2) is 8.78 Å². The highest BCUT2D eigenvalue weighted by Crippen LogP contribution is 2.18. The van der Waals surface area contributed by atoms with Crippen LogP contribution in [0.15, 0.2) is 18.2 Å². The molecule has 1 saturated heterocycles. The zero-order valence-corrected chi connectivity index (χ0v) is 7.69. The minimum Gasteiger partial charge on any atom is -0.314 e. The van der Waals surface area contributed by atoms with Crippen LogP contribution in [-0.2, 0) is 0 Å². The van der Waals surface area contributed by atoms with Crippen LogP contribution in [0.4, 0.5) is 8.78 Å². The summed E-state index contributed by atoms with van der Waals surface area (Å²) >= 11 is 0. The SMILES string of the molecule is Fc1ccc(F)c(C2CNCCN2)c1. The van der Waals surface area contributed by atoms with Gasteiger partial charge in [-0.05, 0) is 18.2 Å². The summed E-state index contributed by atoms with van der Waals surface area (Å²) in [5, 5.41) is 6.26. The Kier molecular flexibility index (Phi) is 2.74. The van der Waals surface area contributed by atoms with Crippen molar-refractivity contribution in [2.75, 3.05) is 19.6 Å². The molecule has 0 spiro atoms. The Hall–Kier alpha value is -1.00. The zero-order chi connectivity index (χ0) is 9.97. The summed E-state index contributed by atoms with van der Waals surface area (Å²) in [6.07, 6.45) is 0. The molecule has 1 fully saturated rings. The standard InChI is InChI=1S/C10H12F2N2/c11-7-1-2-9(12)8(5-7)10-6-13-3-4-14-10/h1-2,5,10,13-14H,3-4,6H2. The first-order chi connectivity index (χ1) is 6.77. The highest BCUT2D eigenvalue weighted by Gasteiger charge is 2.18. The second-order valence-corrected chi connectivity index (χ2v) is 3.38. The topological polar surface area (TPSA) is 24.1 Å². The van der Waals surface area contributed by atoms with Gasteiger partial charge in [0.2, 0.25) is 0 Å². The fourth-order valence-electron chi connectivity index (χ4n) is 1.65. The summed E-state index contributed by atoms with van der Waals surface area (Å²) in [5.41, 5.74) is 0.400. The quantitative estimate of drug-likeness (QED) is 0.708. The van der Waals surface area contributed by atoms with Gasteiger partial charge < -0.3 is 10.6 Å². The third-order valence-electron chi connectivity index (χ3n) is 2.37. The summed E-state index contributed by atoms with van der Waals surface area (Å²) in [5.74, 6) is -0.749. The van der Waals surface area contributed by atoms with Crippen LogP contribution in [0.25, 0.3) is 0 Å². The van der Waals surface area contributed by atoms with Crippen molar-refractivity contribution in [2.45, 2.75) is 6.04 Å². The van der Waals surface area contributed by atoms with E-state index in [9.17, 15) is 8.78 Å². The largest absolute Gasteiger partial charge is 0.314 e. The van der Waals surface area contributed by atoms with Gasteiger partial charge in [0.1, 0.15) is 11.6 Å². The van der Waals surface area contributed by atoms with Gasteiger partial charge in [-0.3, -0.25) is 0 Å². The van der Waals surface area contributed by atoms with E-state index < -0.39 is 5.82 Å². The lowest BCUT2D eigenvalue weighted by Gasteiger charge is -2.25. The molecule has 1 unspecified atom stereocenters. The first-order valence-electron chi connectivity index (χ1n) is 4.66. The predicted molar refractivity (Wildman–Crippen MR) is 50.0 cm³/mol. The molecule has 1 heterocycles. The van der Waals surface area contributed by atoms with Crippen LogP contribution in [0.3, 0.4) is 0 Å². The third kappa shape index (κ3) is 1.91. The van der Waals surface area contributed by atoms with Gasteiger partial charge in [0.05, 0.1) is 0 Å². The van der Waals surface area contributed by atoms with E-state index in [0.29, 0.717) is 12.1 Å². The minimum absolute atomic E-state index is 0.126. The lowest BCUT2D eigenvalue weighted by atomic mass is 10.0. The third-order valence-corrected chi connectivity index (χ3v) is 2.37. The fraction of sp³-hybridized carbons (Fsp3) is 0.400. The molecule has 0 aliphatic carbocycles. The lowest BCUT2D eigenvalue weighted by molar-refractivity contribution is 0.414. The van der Waals surface area contributed by atoms with E-state index in [0.717, 1.165) is 19.2 Å². The van der Waals surface area contributed by atoms with Gasteiger partial charge in [-0.1, -0.05) is 0 Å². The summed E-state index contributed by atoms with van der Waals surface area (Å²) in [6, 6.07) is 3.43. The second-order valence-electron chi connectivity index (χ2n) is 3.38. The Morgan fingerprint density at radius 3 is 2.79 bits per heavy atom. The van der Waals surface area contributed by atoms with Crippen LogP contribution in [0.2, 0.25) is 0 Å². The van der Waals surface area contributed by atoms with Crippen LogP contribution in [0, 0.1) is 11.6 Å². The van der Waals surface area contributed by atoms with Gasteiger partial charge in [0.25, 0.3) is 0 Å². The number of rotatable bonds is 1. The highest BCUT2D eigenvalue weighted by molar-refractivity contribution is 5.23.